The fraction of sp³-hybridized carbons (Fsp3) is 0.300. The monoisotopic (exact) mass is 266 g/mol. The maximum atomic E-state index is 13.4. The summed E-state index contributed by atoms with van der Waals surface area (Å²) in [7, 11) is 0. The van der Waals surface area contributed by atoms with Crippen molar-refractivity contribution in [2.45, 2.75) is 12.5 Å². The van der Waals surface area contributed by atoms with E-state index in [2.05, 4.69) is 0 Å². The number of nitrogens with zero attached hydrogens (tertiary/aromatic N) is 1. The molecular weight excluding hydrogens is 259 g/mol. The minimum absolute atomic E-state index is 0.0817. The van der Waals surface area contributed by atoms with Gasteiger partial charge in [-0.05, 0) is 6.42 Å². The fourth-order valence-electron chi connectivity index (χ4n) is 1.75. The predicted molar refractivity (Wildman–Crippen MR) is 51.2 cm³/mol. The Morgan fingerprint density at radius 2 is 1.39 bits per heavy atom. The number of carbonyl (C=O) groups excluding carboxylic acids is 1. The summed E-state index contributed by atoms with van der Waals surface area (Å²) >= 11 is 0. The maximum Gasteiger partial charge on any atom is 0.244 e. The smallest absolute Gasteiger partial charge is 0.244 e. The number of benzene rings is 1. The Bertz CT molecular complexity index is 504. The van der Waals surface area contributed by atoms with E-state index < -0.39 is 46.7 Å². The van der Waals surface area contributed by atoms with Crippen molar-refractivity contribution in [3.8, 4) is 0 Å². The molecule has 0 bridgehead atoms. The molecule has 18 heavy (non-hydrogen) atoms. The fourth-order valence-corrected chi connectivity index (χ4v) is 1.75. The second-order valence-corrected chi connectivity index (χ2v) is 3.80. The van der Waals surface area contributed by atoms with Crippen LogP contribution in [0.2, 0.25) is 0 Å². The first-order valence-corrected chi connectivity index (χ1v) is 4.94. The van der Waals surface area contributed by atoms with Crippen LogP contribution >= 0.6 is 0 Å². The molecule has 98 valence electrons. The first-order valence-electron chi connectivity index (χ1n) is 4.94. The molecule has 0 spiro atoms. The Morgan fingerprint density at radius 3 is 1.78 bits per heavy atom. The molecule has 1 fully saturated rings. The van der Waals surface area contributed by atoms with Crippen molar-refractivity contribution in [1.82, 2.24) is 0 Å². The molecule has 1 aromatic rings. The highest BCUT2D eigenvalue weighted by Gasteiger charge is 2.37. The lowest BCUT2D eigenvalue weighted by Gasteiger charge is -2.18. The van der Waals surface area contributed by atoms with E-state index in [0.29, 0.717) is 4.90 Å². The second kappa shape index (κ2) is 4.20. The quantitative estimate of drug-likeness (QED) is 0.475. The number of anilines is 1. The SMILES string of the molecule is NC1CCN(c2c(F)c(F)c(F)c(F)c2F)C1=O. The van der Waals surface area contributed by atoms with Crippen LogP contribution in [0.4, 0.5) is 27.6 Å². The molecule has 0 aliphatic carbocycles. The molecule has 3 nitrogen and oxygen atoms in total. The largest absolute Gasteiger partial charge is 0.320 e. The van der Waals surface area contributed by atoms with Crippen molar-refractivity contribution in [1.29, 1.82) is 0 Å². The molecule has 2 N–H and O–H groups in total. The molecule has 1 aliphatic heterocycles. The molecule has 0 saturated carbocycles. The highest BCUT2D eigenvalue weighted by Crippen LogP contribution is 2.32. The lowest BCUT2D eigenvalue weighted by atomic mass is 10.2. The summed E-state index contributed by atoms with van der Waals surface area (Å²) in [5.74, 6) is -11.4. The van der Waals surface area contributed by atoms with Crippen molar-refractivity contribution in [2.24, 2.45) is 5.73 Å². The number of hydrogen-bond donors (Lipinski definition) is 1. The molecule has 1 heterocycles. The van der Waals surface area contributed by atoms with Crippen LogP contribution in [0.25, 0.3) is 0 Å². The van der Waals surface area contributed by atoms with Gasteiger partial charge in [-0.1, -0.05) is 0 Å². The van der Waals surface area contributed by atoms with Gasteiger partial charge in [-0.2, -0.15) is 0 Å². The van der Waals surface area contributed by atoms with Gasteiger partial charge in [0.2, 0.25) is 11.7 Å². The molecular formula is C10H7F5N2O. The van der Waals surface area contributed by atoms with E-state index >= 15 is 0 Å². The zero-order valence-corrected chi connectivity index (χ0v) is 8.81. The van der Waals surface area contributed by atoms with Crippen LogP contribution in [0, 0.1) is 29.1 Å². The molecule has 1 saturated heterocycles. The standard InChI is InChI=1S/C10H7F5N2O/c11-4-5(12)7(14)9(8(15)6(4)13)17-2-1-3(16)10(17)18/h3H,1-2,16H2. The zero-order valence-electron chi connectivity index (χ0n) is 8.81. The molecule has 1 atom stereocenters. The third-order valence-corrected chi connectivity index (χ3v) is 2.70. The lowest BCUT2D eigenvalue weighted by molar-refractivity contribution is -0.118. The summed E-state index contributed by atoms with van der Waals surface area (Å²) < 4.78 is 65.5. The van der Waals surface area contributed by atoms with Gasteiger partial charge < -0.3 is 10.6 Å². The number of rotatable bonds is 1. The number of amides is 1. The van der Waals surface area contributed by atoms with Crippen molar-refractivity contribution < 1.29 is 26.7 Å². The highest BCUT2D eigenvalue weighted by atomic mass is 19.2. The van der Waals surface area contributed by atoms with Gasteiger partial charge in [-0.3, -0.25) is 4.79 Å². The van der Waals surface area contributed by atoms with E-state index in [-0.39, 0.29) is 13.0 Å². The van der Waals surface area contributed by atoms with Crippen LogP contribution in [-0.4, -0.2) is 18.5 Å². The van der Waals surface area contributed by atoms with Gasteiger partial charge in [0.25, 0.3) is 0 Å². The maximum absolute atomic E-state index is 13.4. The van der Waals surface area contributed by atoms with E-state index in [1.54, 1.807) is 0 Å². The molecule has 1 aromatic carbocycles. The van der Waals surface area contributed by atoms with Gasteiger partial charge in [-0.25, -0.2) is 22.0 Å². The molecule has 1 aliphatic rings. The van der Waals surface area contributed by atoms with E-state index in [1.807, 2.05) is 0 Å². The predicted octanol–water partition coefficient (Wildman–Crippen LogP) is 1.45. The van der Waals surface area contributed by atoms with E-state index in [9.17, 15) is 26.7 Å². The van der Waals surface area contributed by atoms with Gasteiger partial charge in [-0.15, -0.1) is 0 Å². The summed E-state index contributed by atoms with van der Waals surface area (Å²) in [5, 5.41) is 0. The first-order chi connectivity index (χ1) is 8.36. The average molecular weight is 266 g/mol. The zero-order chi connectivity index (χ0) is 13.6. The number of hydrogen-bond acceptors (Lipinski definition) is 2. The Hall–Kier alpha value is -1.70. The molecule has 1 unspecified atom stereocenters. The van der Waals surface area contributed by atoms with Gasteiger partial charge in [0.15, 0.2) is 23.3 Å². The van der Waals surface area contributed by atoms with Crippen LogP contribution < -0.4 is 10.6 Å². The molecule has 8 heteroatoms. The number of nitrogens with two attached hydrogens (primary N) is 1. The summed E-state index contributed by atoms with van der Waals surface area (Å²) in [5.41, 5.74) is 4.07. The summed E-state index contributed by atoms with van der Waals surface area (Å²) in [6.45, 7) is -0.196. The molecule has 1 amide bonds. The summed E-state index contributed by atoms with van der Waals surface area (Å²) in [6, 6.07) is -1.00. The normalized spacial score (nSPS) is 19.8. The second-order valence-electron chi connectivity index (χ2n) is 3.80. The van der Waals surface area contributed by atoms with Crippen molar-refractivity contribution in [3.63, 3.8) is 0 Å². The first kappa shape index (κ1) is 12.7. The van der Waals surface area contributed by atoms with Crippen molar-refractivity contribution >= 4 is 11.6 Å². The minimum atomic E-state index is -2.26. The molecule has 2 rings (SSSR count). The lowest BCUT2D eigenvalue weighted by Crippen LogP contribution is -2.35. The Kier molecular flexibility index (Phi) is 2.97. The van der Waals surface area contributed by atoms with Crippen molar-refractivity contribution in [2.75, 3.05) is 11.4 Å². The van der Waals surface area contributed by atoms with E-state index in [1.165, 1.54) is 0 Å². The van der Waals surface area contributed by atoms with Gasteiger partial charge >= 0.3 is 0 Å². The minimum Gasteiger partial charge on any atom is -0.320 e. The van der Waals surface area contributed by atoms with Crippen LogP contribution in [0.1, 0.15) is 6.42 Å². The van der Waals surface area contributed by atoms with Gasteiger partial charge in [0, 0.05) is 6.54 Å². The van der Waals surface area contributed by atoms with Crippen molar-refractivity contribution in [3.05, 3.63) is 29.1 Å². The van der Waals surface area contributed by atoms with Crippen LogP contribution in [0.15, 0.2) is 0 Å². The van der Waals surface area contributed by atoms with Gasteiger partial charge in [0.1, 0.15) is 5.69 Å². The average Bonchev–Trinajstić information content (AvgIpc) is 2.66. The molecule has 0 radical (unpaired) electrons. The highest BCUT2D eigenvalue weighted by molar-refractivity contribution is 5.99. The number of carbonyl (C=O) groups is 1. The van der Waals surface area contributed by atoms with Crippen LogP contribution in [0.5, 0.6) is 0 Å². The topological polar surface area (TPSA) is 46.3 Å². The third-order valence-electron chi connectivity index (χ3n) is 2.70. The third kappa shape index (κ3) is 1.64. The Balaban J connectivity index is 2.62. The van der Waals surface area contributed by atoms with Crippen LogP contribution in [0.3, 0.4) is 0 Å². The Morgan fingerprint density at radius 1 is 0.944 bits per heavy atom. The Labute approximate surface area is 98.0 Å². The van der Waals surface area contributed by atoms with Crippen LogP contribution in [-0.2, 0) is 4.79 Å². The summed E-state index contributed by atoms with van der Waals surface area (Å²) in [6.07, 6.45) is 0.0817. The number of halogens is 5. The van der Waals surface area contributed by atoms with E-state index in [4.69, 9.17) is 5.73 Å². The van der Waals surface area contributed by atoms with Gasteiger partial charge in [0.05, 0.1) is 6.04 Å². The van der Waals surface area contributed by atoms with E-state index in [0.717, 1.165) is 0 Å². The molecule has 0 aromatic heterocycles. The summed E-state index contributed by atoms with van der Waals surface area (Å²) in [4.78, 5) is 11.9.